The van der Waals surface area contributed by atoms with Crippen LogP contribution in [0.2, 0.25) is 0 Å². The number of phosphoric acid groups is 1. The lowest BCUT2D eigenvalue weighted by molar-refractivity contribution is -0.870. The molecule has 0 rings (SSSR count). The molecule has 0 radical (unpaired) electrons. The summed E-state index contributed by atoms with van der Waals surface area (Å²) in [5, 5.41) is 0. The zero-order valence-corrected chi connectivity index (χ0v) is 38.0. The molecule has 9 nitrogen and oxygen atoms in total. The minimum Gasteiger partial charge on any atom is -0.462 e. The molecule has 1 unspecified atom stereocenters. The summed E-state index contributed by atoms with van der Waals surface area (Å²) in [6.45, 7) is 4.33. The van der Waals surface area contributed by atoms with Gasteiger partial charge in [0.15, 0.2) is 6.10 Å². The second kappa shape index (κ2) is 39.2. The predicted molar refractivity (Wildman–Crippen MR) is 238 cm³/mol. The molecule has 0 aliphatic heterocycles. The Morgan fingerprint density at radius 3 is 1.47 bits per heavy atom. The van der Waals surface area contributed by atoms with Crippen LogP contribution in [0.3, 0.4) is 0 Å². The van der Waals surface area contributed by atoms with Crippen LogP contribution in [0.4, 0.5) is 0 Å². The first-order valence-corrected chi connectivity index (χ1v) is 24.0. The summed E-state index contributed by atoms with van der Waals surface area (Å²) in [6, 6.07) is 0. The van der Waals surface area contributed by atoms with E-state index in [2.05, 4.69) is 74.6 Å². The molecule has 0 aromatic carbocycles. The zero-order chi connectivity index (χ0) is 42.1. The minimum absolute atomic E-state index is 0.0215. The molecule has 0 aromatic heterocycles. The molecule has 0 spiro atoms. The van der Waals surface area contributed by atoms with Gasteiger partial charge in [0.2, 0.25) is 0 Å². The first-order valence-electron chi connectivity index (χ1n) is 22.5. The van der Waals surface area contributed by atoms with E-state index in [1.165, 1.54) is 64.2 Å². The normalized spacial score (nSPS) is 14.1. The van der Waals surface area contributed by atoms with Crippen LogP contribution in [-0.2, 0) is 32.7 Å². The molecular formula is C47H85NO8P+. The number of carbonyl (C=O) groups is 2. The number of allylic oxidation sites excluding steroid dienone is 10. The van der Waals surface area contributed by atoms with Gasteiger partial charge in [-0.3, -0.25) is 18.6 Å². The second-order valence-electron chi connectivity index (χ2n) is 16.1. The average Bonchev–Trinajstić information content (AvgIpc) is 3.16. The number of hydrogen-bond donors (Lipinski definition) is 1. The fourth-order valence-corrected chi connectivity index (χ4v) is 6.44. The molecule has 0 fully saturated rings. The zero-order valence-electron chi connectivity index (χ0n) is 37.1. The number of likely N-dealkylation sites (N-methyl/N-ethyl adjacent to an activating group) is 1. The Kier molecular flexibility index (Phi) is 37.6. The van der Waals surface area contributed by atoms with Crippen LogP contribution in [0.25, 0.3) is 0 Å². The van der Waals surface area contributed by atoms with E-state index in [1.807, 2.05) is 21.1 Å². The van der Waals surface area contributed by atoms with Crippen LogP contribution in [0.15, 0.2) is 60.8 Å². The van der Waals surface area contributed by atoms with Gasteiger partial charge in [-0.1, -0.05) is 139 Å². The van der Waals surface area contributed by atoms with Gasteiger partial charge < -0.3 is 18.9 Å². The van der Waals surface area contributed by atoms with E-state index >= 15 is 0 Å². The second-order valence-corrected chi connectivity index (χ2v) is 17.5. The van der Waals surface area contributed by atoms with Gasteiger partial charge in [0.25, 0.3) is 0 Å². The maximum absolute atomic E-state index is 12.7. The SMILES string of the molecule is CCCCC/C=C\C/C=C\C/C=C\C/C=C\CCCCCC(=O)O[C@H](COC(=O)CCCCCCC/C=C\CCCCCCC)COP(=O)(O)OCC[N+](C)(C)C. The molecule has 0 saturated heterocycles. The Labute approximate surface area is 349 Å². The molecule has 330 valence electrons. The van der Waals surface area contributed by atoms with Gasteiger partial charge in [0, 0.05) is 12.8 Å². The Morgan fingerprint density at radius 2 is 0.947 bits per heavy atom. The van der Waals surface area contributed by atoms with E-state index in [4.69, 9.17) is 18.5 Å². The largest absolute Gasteiger partial charge is 0.472 e. The maximum atomic E-state index is 12.7. The van der Waals surface area contributed by atoms with Crippen molar-refractivity contribution in [1.82, 2.24) is 0 Å². The van der Waals surface area contributed by atoms with E-state index in [9.17, 15) is 19.0 Å². The standard InChI is InChI=1S/C47H84NO8P/c1-6-8-10-12-14-16-18-20-22-23-24-25-26-28-30-32-34-36-38-40-47(50)56-45(44-55-57(51,52)54-42-41-48(3,4)5)43-53-46(49)39-37-35-33-31-29-27-21-19-17-15-13-11-9-7-2/h14,16,19-22,24-25,28,30,45H,6-13,15,17-18,23,26-27,29,31-44H2,1-5H3/p+1/b16-14-,21-19-,22-20-,25-24-,30-28-/t45-/m1/s1. The molecule has 10 heteroatoms. The van der Waals surface area contributed by atoms with Crippen LogP contribution in [0.5, 0.6) is 0 Å². The quantitative estimate of drug-likeness (QED) is 0.0214. The fourth-order valence-electron chi connectivity index (χ4n) is 5.70. The van der Waals surface area contributed by atoms with E-state index in [0.29, 0.717) is 17.4 Å². The minimum atomic E-state index is -4.39. The van der Waals surface area contributed by atoms with Gasteiger partial charge in [-0.15, -0.1) is 0 Å². The van der Waals surface area contributed by atoms with E-state index < -0.39 is 26.5 Å². The third-order valence-electron chi connectivity index (χ3n) is 9.27. The highest BCUT2D eigenvalue weighted by Crippen LogP contribution is 2.43. The molecule has 0 bridgehead atoms. The monoisotopic (exact) mass is 823 g/mol. The maximum Gasteiger partial charge on any atom is 0.472 e. The van der Waals surface area contributed by atoms with Crippen molar-refractivity contribution in [2.24, 2.45) is 0 Å². The number of unbranched alkanes of at least 4 members (excludes halogenated alkanes) is 16. The van der Waals surface area contributed by atoms with Gasteiger partial charge in [0.05, 0.1) is 27.7 Å². The average molecular weight is 823 g/mol. The molecule has 0 aliphatic carbocycles. The molecule has 0 amide bonds. The van der Waals surface area contributed by atoms with E-state index in [0.717, 1.165) is 77.0 Å². The molecule has 0 saturated carbocycles. The number of carbonyl (C=O) groups excluding carboxylic acids is 2. The van der Waals surface area contributed by atoms with Crippen LogP contribution < -0.4 is 0 Å². The summed E-state index contributed by atoms with van der Waals surface area (Å²) in [5.74, 6) is -0.848. The van der Waals surface area contributed by atoms with Crippen LogP contribution in [0.1, 0.15) is 174 Å². The van der Waals surface area contributed by atoms with Crippen molar-refractivity contribution in [2.45, 2.75) is 180 Å². The predicted octanol–water partition coefficient (Wildman–Crippen LogP) is 12.9. The highest BCUT2D eigenvalue weighted by atomic mass is 31.2. The van der Waals surface area contributed by atoms with Crippen molar-refractivity contribution in [2.75, 3.05) is 47.5 Å². The van der Waals surface area contributed by atoms with Crippen LogP contribution in [0, 0.1) is 0 Å². The summed E-state index contributed by atoms with van der Waals surface area (Å²) in [7, 11) is 1.44. The lowest BCUT2D eigenvalue weighted by atomic mass is 10.1. The van der Waals surface area contributed by atoms with Crippen LogP contribution in [-0.4, -0.2) is 74.9 Å². The third-order valence-corrected chi connectivity index (χ3v) is 10.3. The Hall–Kier alpha value is -2.29. The number of rotatable bonds is 40. The Bertz CT molecular complexity index is 1160. The summed E-state index contributed by atoms with van der Waals surface area (Å²) in [6.07, 6.45) is 46.9. The van der Waals surface area contributed by atoms with Gasteiger partial charge >= 0.3 is 19.8 Å². The molecule has 0 heterocycles. The fraction of sp³-hybridized carbons (Fsp3) is 0.745. The molecule has 0 aliphatic rings. The summed E-state index contributed by atoms with van der Waals surface area (Å²) < 4.78 is 34.3. The summed E-state index contributed by atoms with van der Waals surface area (Å²) >= 11 is 0. The van der Waals surface area contributed by atoms with Crippen molar-refractivity contribution < 1.29 is 42.1 Å². The highest BCUT2D eigenvalue weighted by Gasteiger charge is 2.27. The van der Waals surface area contributed by atoms with Gasteiger partial charge in [0.1, 0.15) is 19.8 Å². The molecule has 1 N–H and O–H groups in total. The first kappa shape index (κ1) is 54.7. The highest BCUT2D eigenvalue weighted by molar-refractivity contribution is 7.47. The van der Waals surface area contributed by atoms with Crippen molar-refractivity contribution in [3.8, 4) is 0 Å². The number of hydrogen-bond acceptors (Lipinski definition) is 7. The van der Waals surface area contributed by atoms with Crippen molar-refractivity contribution in [1.29, 1.82) is 0 Å². The van der Waals surface area contributed by atoms with Crippen molar-refractivity contribution in [3.05, 3.63) is 60.8 Å². The van der Waals surface area contributed by atoms with Gasteiger partial charge in [-0.2, -0.15) is 0 Å². The molecule has 57 heavy (non-hydrogen) atoms. The van der Waals surface area contributed by atoms with E-state index in [1.54, 1.807) is 0 Å². The number of quaternary nitrogens is 1. The van der Waals surface area contributed by atoms with E-state index in [-0.39, 0.29) is 32.0 Å². The molecular weight excluding hydrogens is 737 g/mol. The number of ether oxygens (including phenoxy) is 2. The first-order chi connectivity index (χ1) is 27.5. The van der Waals surface area contributed by atoms with Crippen LogP contribution >= 0.6 is 7.82 Å². The molecule has 2 atom stereocenters. The molecule has 0 aromatic rings. The lowest BCUT2D eigenvalue weighted by Crippen LogP contribution is -2.37. The summed E-state index contributed by atoms with van der Waals surface area (Å²) in [5.41, 5.74) is 0. The Balaban J connectivity index is 4.44. The van der Waals surface area contributed by atoms with Crippen molar-refractivity contribution >= 4 is 19.8 Å². The third kappa shape index (κ3) is 43.1. The lowest BCUT2D eigenvalue weighted by Gasteiger charge is -2.24. The topological polar surface area (TPSA) is 108 Å². The Morgan fingerprint density at radius 1 is 0.544 bits per heavy atom. The number of esters is 2. The smallest absolute Gasteiger partial charge is 0.462 e. The summed E-state index contributed by atoms with van der Waals surface area (Å²) in [4.78, 5) is 35.4. The number of phosphoric ester groups is 1. The van der Waals surface area contributed by atoms with Gasteiger partial charge in [-0.05, 0) is 83.5 Å². The van der Waals surface area contributed by atoms with Gasteiger partial charge in [-0.25, -0.2) is 4.57 Å². The number of nitrogens with zero attached hydrogens (tertiary/aromatic N) is 1. The van der Waals surface area contributed by atoms with Crippen molar-refractivity contribution in [3.63, 3.8) is 0 Å².